The number of nitrogens with two attached hydrogens (primary N) is 1. The average molecular weight is 486 g/mol. The van der Waals surface area contributed by atoms with Gasteiger partial charge in [-0.1, -0.05) is 13.0 Å². The molecule has 0 saturated carbocycles. The van der Waals surface area contributed by atoms with Gasteiger partial charge in [0.15, 0.2) is 5.78 Å². The maximum atomic E-state index is 14.4. The second-order valence-electron chi connectivity index (χ2n) is 8.75. The number of aliphatic hydroxyl groups is 1. The van der Waals surface area contributed by atoms with E-state index in [4.69, 9.17) is 10.5 Å². The summed E-state index contributed by atoms with van der Waals surface area (Å²) in [6.07, 6.45) is 2.71. The molecule has 0 aliphatic carbocycles. The molecule has 0 bridgehead atoms. The van der Waals surface area contributed by atoms with E-state index in [-0.39, 0.29) is 12.1 Å². The lowest BCUT2D eigenvalue weighted by molar-refractivity contribution is -0.181. The van der Waals surface area contributed by atoms with Crippen molar-refractivity contribution in [2.45, 2.75) is 57.0 Å². The Kier molecular flexibility index (Phi) is 7.02. The molecule has 35 heavy (non-hydrogen) atoms. The van der Waals surface area contributed by atoms with Gasteiger partial charge in [-0.15, -0.1) is 0 Å². The molecule has 1 aliphatic rings. The van der Waals surface area contributed by atoms with Gasteiger partial charge >= 0.3 is 0 Å². The number of halogens is 3. The molecule has 3 aromatic rings. The number of carbonyl (C=O) groups is 1. The highest BCUT2D eigenvalue weighted by Crippen LogP contribution is 2.39. The minimum atomic E-state index is -1.16. The van der Waals surface area contributed by atoms with E-state index in [1.807, 2.05) is 6.92 Å². The summed E-state index contributed by atoms with van der Waals surface area (Å²) in [5.41, 5.74) is 5.00. The Morgan fingerprint density at radius 3 is 2.54 bits per heavy atom. The third-order valence-electron chi connectivity index (χ3n) is 6.72. The molecular weight excluding hydrogens is 459 g/mol. The normalized spacial score (nSPS) is 24.4. The van der Waals surface area contributed by atoms with Crippen molar-refractivity contribution < 1.29 is 27.8 Å². The second-order valence-corrected chi connectivity index (χ2v) is 8.75. The summed E-state index contributed by atoms with van der Waals surface area (Å²) >= 11 is 0. The topological polar surface area (TPSA) is 98.3 Å². The van der Waals surface area contributed by atoms with Gasteiger partial charge in [-0.25, -0.2) is 18.2 Å². The van der Waals surface area contributed by atoms with Gasteiger partial charge < -0.3 is 15.6 Å². The Morgan fingerprint density at radius 1 is 1.17 bits per heavy atom. The molecule has 1 aliphatic heterocycles. The number of aromatic nitrogens is 2. The van der Waals surface area contributed by atoms with Crippen molar-refractivity contribution in [3.63, 3.8) is 0 Å². The summed E-state index contributed by atoms with van der Waals surface area (Å²) in [7, 11) is 0. The highest BCUT2D eigenvalue weighted by atomic mass is 19.1. The zero-order chi connectivity index (χ0) is 25.3. The molecule has 0 amide bonds. The molecular formula is C26H26F3N3O3. The average Bonchev–Trinajstić information content (AvgIpc) is 2.83. The third kappa shape index (κ3) is 4.71. The number of Topliss-reactive ketones (excluding diaryl/α,β-unsaturated/α-hetero) is 1. The maximum Gasteiger partial charge on any atom is 0.185 e. The van der Waals surface area contributed by atoms with Crippen molar-refractivity contribution in [2.75, 3.05) is 0 Å². The first-order valence-electron chi connectivity index (χ1n) is 11.4. The summed E-state index contributed by atoms with van der Waals surface area (Å²) in [6.45, 7) is 3.60. The Morgan fingerprint density at radius 2 is 1.89 bits per heavy atom. The summed E-state index contributed by atoms with van der Waals surface area (Å²) in [5.74, 6) is -3.41. The monoisotopic (exact) mass is 485 g/mol. The molecule has 0 radical (unpaired) electrons. The van der Waals surface area contributed by atoms with Gasteiger partial charge in [-0.05, 0) is 61.2 Å². The number of benzene rings is 1. The van der Waals surface area contributed by atoms with E-state index in [1.54, 1.807) is 19.2 Å². The minimum absolute atomic E-state index is 0.145. The van der Waals surface area contributed by atoms with Crippen LogP contribution in [0.4, 0.5) is 13.2 Å². The van der Waals surface area contributed by atoms with Crippen LogP contribution in [0.3, 0.4) is 0 Å². The molecule has 184 valence electrons. The number of nitrogens with zero attached hydrogens (tertiary/aromatic N) is 2. The number of ketones is 1. The number of pyridine rings is 2. The number of hydrogen-bond donors (Lipinski definition) is 2. The number of hydrogen-bond acceptors (Lipinski definition) is 6. The predicted molar refractivity (Wildman–Crippen MR) is 123 cm³/mol. The van der Waals surface area contributed by atoms with Crippen molar-refractivity contribution in [1.29, 1.82) is 0 Å². The lowest BCUT2D eigenvalue weighted by Crippen LogP contribution is -2.59. The molecule has 1 aromatic carbocycles. The lowest BCUT2D eigenvalue weighted by Gasteiger charge is -2.45. The Balaban J connectivity index is 1.62. The zero-order valence-electron chi connectivity index (χ0n) is 19.3. The summed E-state index contributed by atoms with van der Waals surface area (Å²) in [5, 5.41) is 10.8. The first kappa shape index (κ1) is 25.0. The minimum Gasteiger partial charge on any atom is -0.386 e. The van der Waals surface area contributed by atoms with Crippen molar-refractivity contribution in [3.05, 3.63) is 83.1 Å². The lowest BCUT2D eigenvalue weighted by atomic mass is 9.79. The third-order valence-corrected chi connectivity index (χ3v) is 6.72. The van der Waals surface area contributed by atoms with Crippen molar-refractivity contribution in [1.82, 2.24) is 9.97 Å². The van der Waals surface area contributed by atoms with E-state index >= 15 is 0 Å². The van der Waals surface area contributed by atoms with Crippen LogP contribution in [0.15, 0.2) is 48.8 Å². The van der Waals surface area contributed by atoms with Crippen LogP contribution in [0, 0.1) is 17.5 Å². The van der Waals surface area contributed by atoms with Crippen LogP contribution < -0.4 is 5.73 Å². The van der Waals surface area contributed by atoms with Gasteiger partial charge in [0, 0.05) is 24.9 Å². The van der Waals surface area contributed by atoms with Gasteiger partial charge in [-0.3, -0.25) is 9.78 Å². The number of ether oxygens (including phenoxy) is 1. The van der Waals surface area contributed by atoms with Crippen LogP contribution in [0.5, 0.6) is 0 Å². The SMILES string of the molecule is CC[C@]1(O)[C@H](C)O[C@H](c2ccncc2CC(=O)c2ccc(F)c(-c3c(F)cccc3F)n2)C[C@@H]1N. The standard InChI is InChI=1S/C26H26F3N3O3/c1-3-26(34)14(2)35-22(12-23(26)30)16-9-10-31-13-15(16)11-21(33)20-8-7-19(29)25(32-20)24-17(27)5-4-6-18(24)28/h4-10,13-14,22-23,34H,3,11-12,30H2,1-2H3/t14-,22-,23-,26-/m0/s1. The second kappa shape index (κ2) is 9.85. The number of rotatable bonds is 6. The van der Waals surface area contributed by atoms with Crippen LogP contribution in [-0.2, 0) is 11.2 Å². The van der Waals surface area contributed by atoms with Gasteiger partial charge in [0.05, 0.1) is 17.8 Å². The van der Waals surface area contributed by atoms with Gasteiger partial charge in [0.25, 0.3) is 0 Å². The zero-order valence-corrected chi connectivity index (χ0v) is 19.3. The fourth-order valence-electron chi connectivity index (χ4n) is 4.57. The van der Waals surface area contributed by atoms with Crippen molar-refractivity contribution in [2.24, 2.45) is 5.73 Å². The molecule has 0 unspecified atom stereocenters. The molecule has 3 N–H and O–H groups in total. The van der Waals surface area contributed by atoms with E-state index in [2.05, 4.69) is 9.97 Å². The maximum absolute atomic E-state index is 14.4. The number of carbonyl (C=O) groups excluding carboxylic acids is 1. The van der Waals surface area contributed by atoms with Crippen LogP contribution in [0.2, 0.25) is 0 Å². The van der Waals surface area contributed by atoms with E-state index < -0.39 is 58.3 Å². The molecule has 6 nitrogen and oxygen atoms in total. The van der Waals surface area contributed by atoms with Crippen molar-refractivity contribution >= 4 is 5.78 Å². The summed E-state index contributed by atoms with van der Waals surface area (Å²) in [4.78, 5) is 21.1. The fraction of sp³-hybridized carbons (Fsp3) is 0.346. The molecule has 1 saturated heterocycles. The van der Waals surface area contributed by atoms with E-state index in [0.29, 0.717) is 24.0 Å². The molecule has 3 heterocycles. The quantitative estimate of drug-likeness (QED) is 0.505. The van der Waals surface area contributed by atoms with Crippen LogP contribution in [-0.4, -0.2) is 38.6 Å². The smallest absolute Gasteiger partial charge is 0.185 e. The van der Waals surface area contributed by atoms with Gasteiger partial charge in [0.2, 0.25) is 0 Å². The van der Waals surface area contributed by atoms with Crippen LogP contribution in [0.25, 0.3) is 11.3 Å². The first-order chi connectivity index (χ1) is 16.7. The Labute approximate surface area is 201 Å². The molecule has 4 atom stereocenters. The van der Waals surface area contributed by atoms with Gasteiger partial charge in [-0.2, -0.15) is 0 Å². The van der Waals surface area contributed by atoms with Gasteiger partial charge in [0.1, 0.15) is 34.4 Å². The Hall–Kier alpha value is -3.14. The first-order valence-corrected chi connectivity index (χ1v) is 11.4. The summed E-state index contributed by atoms with van der Waals surface area (Å²) < 4.78 is 48.9. The van der Waals surface area contributed by atoms with E-state index in [1.165, 1.54) is 12.3 Å². The molecule has 4 rings (SSSR count). The largest absolute Gasteiger partial charge is 0.386 e. The predicted octanol–water partition coefficient (Wildman–Crippen LogP) is 4.30. The van der Waals surface area contributed by atoms with E-state index in [0.717, 1.165) is 24.3 Å². The molecule has 2 aromatic heterocycles. The fourth-order valence-corrected chi connectivity index (χ4v) is 4.57. The van der Waals surface area contributed by atoms with Crippen LogP contribution >= 0.6 is 0 Å². The summed E-state index contributed by atoms with van der Waals surface area (Å²) in [6, 6.07) is 6.47. The Bertz CT molecular complexity index is 1220. The van der Waals surface area contributed by atoms with E-state index in [9.17, 15) is 23.1 Å². The molecule has 9 heteroatoms. The molecule has 1 fully saturated rings. The highest BCUT2D eigenvalue weighted by Gasteiger charge is 2.45. The molecule has 0 spiro atoms. The van der Waals surface area contributed by atoms with Crippen LogP contribution in [0.1, 0.15) is 54.4 Å². The van der Waals surface area contributed by atoms with Crippen molar-refractivity contribution in [3.8, 4) is 11.3 Å². The highest BCUT2D eigenvalue weighted by molar-refractivity contribution is 5.96.